The van der Waals surface area contributed by atoms with Gasteiger partial charge in [-0.3, -0.25) is 0 Å². The second kappa shape index (κ2) is 5.27. The van der Waals surface area contributed by atoms with E-state index in [0.717, 1.165) is 18.2 Å². The first-order chi connectivity index (χ1) is 9.68. The van der Waals surface area contributed by atoms with E-state index in [1.54, 1.807) is 6.92 Å². The summed E-state index contributed by atoms with van der Waals surface area (Å²) in [5.74, 6) is 0.121. The minimum Gasteiger partial charge on any atom is -0.383 e. The van der Waals surface area contributed by atoms with Gasteiger partial charge < -0.3 is 11.1 Å². The molecule has 0 unspecified atom stereocenters. The Morgan fingerprint density at radius 1 is 1.14 bits per heavy atom. The molecule has 0 bridgehead atoms. The number of nitrogens with two attached hydrogens (primary N) is 1. The lowest BCUT2D eigenvalue weighted by molar-refractivity contribution is 0.546. The third-order valence-electron chi connectivity index (χ3n) is 3.04. The fourth-order valence-corrected chi connectivity index (χ4v) is 1.71. The van der Waals surface area contributed by atoms with Crippen molar-refractivity contribution in [3.63, 3.8) is 0 Å². The number of anilines is 3. The minimum atomic E-state index is -0.565. The molecule has 6 heteroatoms. The SMILES string of the molecule is Cc1c(N)nc(C(C)(C)C)nc1Nc1cc(F)ccc1F. The van der Waals surface area contributed by atoms with Gasteiger partial charge in [0.05, 0.1) is 5.69 Å². The molecule has 112 valence electrons. The van der Waals surface area contributed by atoms with Crippen LogP contribution in [-0.2, 0) is 5.41 Å². The number of halogens is 2. The molecule has 2 aromatic rings. The van der Waals surface area contributed by atoms with Crippen LogP contribution in [0, 0.1) is 18.6 Å². The summed E-state index contributed by atoms with van der Waals surface area (Å²) in [4.78, 5) is 8.62. The summed E-state index contributed by atoms with van der Waals surface area (Å²) < 4.78 is 27.0. The average Bonchev–Trinajstić information content (AvgIpc) is 2.37. The maximum Gasteiger partial charge on any atom is 0.146 e. The molecule has 0 fully saturated rings. The smallest absolute Gasteiger partial charge is 0.146 e. The van der Waals surface area contributed by atoms with Crippen LogP contribution in [0.3, 0.4) is 0 Å². The standard InChI is InChI=1S/C15H18F2N4/c1-8-12(18)20-14(15(2,3)4)21-13(8)19-11-7-9(16)5-6-10(11)17/h5-7H,1-4H3,(H3,18,19,20,21). The molecule has 0 aliphatic heterocycles. The maximum absolute atomic E-state index is 13.7. The van der Waals surface area contributed by atoms with Gasteiger partial charge in [0.2, 0.25) is 0 Å². The van der Waals surface area contributed by atoms with Crippen molar-refractivity contribution in [3.8, 4) is 0 Å². The Labute approximate surface area is 122 Å². The summed E-state index contributed by atoms with van der Waals surface area (Å²) in [5.41, 5.74) is 6.17. The predicted octanol–water partition coefficient (Wildman–Crippen LogP) is 3.69. The summed E-state index contributed by atoms with van der Waals surface area (Å²) in [7, 11) is 0. The molecule has 0 saturated heterocycles. The number of hydrogen-bond donors (Lipinski definition) is 2. The monoisotopic (exact) mass is 292 g/mol. The molecular weight excluding hydrogens is 274 g/mol. The van der Waals surface area contributed by atoms with Crippen molar-refractivity contribution in [3.05, 3.63) is 41.2 Å². The molecule has 1 heterocycles. The van der Waals surface area contributed by atoms with Gasteiger partial charge in [0.25, 0.3) is 0 Å². The summed E-state index contributed by atoms with van der Waals surface area (Å²) in [5, 5.41) is 2.79. The fourth-order valence-electron chi connectivity index (χ4n) is 1.71. The lowest BCUT2D eigenvalue weighted by Gasteiger charge is -2.20. The molecule has 0 amide bonds. The van der Waals surface area contributed by atoms with Crippen LogP contribution in [0.4, 0.5) is 26.1 Å². The van der Waals surface area contributed by atoms with Crippen molar-refractivity contribution in [2.45, 2.75) is 33.1 Å². The summed E-state index contributed by atoms with van der Waals surface area (Å²) >= 11 is 0. The molecule has 2 rings (SSSR count). The van der Waals surface area contributed by atoms with Crippen molar-refractivity contribution < 1.29 is 8.78 Å². The first kappa shape index (κ1) is 15.2. The Kier molecular flexibility index (Phi) is 3.80. The predicted molar refractivity (Wildman–Crippen MR) is 79.5 cm³/mol. The van der Waals surface area contributed by atoms with Crippen molar-refractivity contribution in [2.24, 2.45) is 0 Å². The molecule has 4 nitrogen and oxygen atoms in total. The number of benzene rings is 1. The quantitative estimate of drug-likeness (QED) is 0.886. The van der Waals surface area contributed by atoms with E-state index >= 15 is 0 Å². The number of rotatable bonds is 2. The summed E-state index contributed by atoms with van der Waals surface area (Å²) in [6, 6.07) is 3.19. The second-order valence-electron chi connectivity index (χ2n) is 5.91. The molecule has 0 radical (unpaired) electrons. The zero-order chi connectivity index (χ0) is 15.8. The van der Waals surface area contributed by atoms with Crippen molar-refractivity contribution >= 4 is 17.3 Å². The molecule has 3 N–H and O–H groups in total. The molecular formula is C15H18F2N4. The number of hydrogen-bond acceptors (Lipinski definition) is 4. The first-order valence-electron chi connectivity index (χ1n) is 6.55. The Morgan fingerprint density at radius 2 is 1.81 bits per heavy atom. The van der Waals surface area contributed by atoms with Crippen molar-refractivity contribution in [1.29, 1.82) is 0 Å². The van der Waals surface area contributed by atoms with E-state index in [1.807, 2.05) is 20.8 Å². The van der Waals surface area contributed by atoms with Crippen LogP contribution in [0.15, 0.2) is 18.2 Å². The zero-order valence-corrected chi connectivity index (χ0v) is 12.5. The highest BCUT2D eigenvalue weighted by Gasteiger charge is 2.20. The first-order valence-corrected chi connectivity index (χ1v) is 6.55. The lowest BCUT2D eigenvalue weighted by Crippen LogP contribution is -2.19. The Morgan fingerprint density at radius 3 is 2.43 bits per heavy atom. The highest BCUT2D eigenvalue weighted by atomic mass is 19.1. The lowest BCUT2D eigenvalue weighted by atomic mass is 9.95. The average molecular weight is 292 g/mol. The van der Waals surface area contributed by atoms with E-state index in [-0.39, 0.29) is 11.1 Å². The van der Waals surface area contributed by atoms with Crippen molar-refractivity contribution in [1.82, 2.24) is 9.97 Å². The zero-order valence-electron chi connectivity index (χ0n) is 12.5. The number of nitrogens with one attached hydrogen (secondary N) is 1. The van der Waals surface area contributed by atoms with Gasteiger partial charge in [0.15, 0.2) is 0 Å². The van der Waals surface area contributed by atoms with Crippen molar-refractivity contribution in [2.75, 3.05) is 11.1 Å². The second-order valence-corrected chi connectivity index (χ2v) is 5.91. The molecule has 1 aromatic carbocycles. The van der Waals surface area contributed by atoms with E-state index in [0.29, 0.717) is 23.0 Å². The Balaban J connectivity index is 2.49. The van der Waals surface area contributed by atoms with Gasteiger partial charge in [-0.25, -0.2) is 18.7 Å². The molecule has 0 aliphatic rings. The molecule has 0 saturated carbocycles. The Hall–Kier alpha value is -2.24. The topological polar surface area (TPSA) is 63.8 Å². The van der Waals surface area contributed by atoms with Gasteiger partial charge >= 0.3 is 0 Å². The van der Waals surface area contributed by atoms with Gasteiger partial charge in [-0.15, -0.1) is 0 Å². The van der Waals surface area contributed by atoms with Gasteiger partial charge in [-0.1, -0.05) is 20.8 Å². The van der Waals surface area contributed by atoms with Crippen LogP contribution >= 0.6 is 0 Å². The van der Waals surface area contributed by atoms with Crippen LogP contribution in [-0.4, -0.2) is 9.97 Å². The van der Waals surface area contributed by atoms with Gasteiger partial charge in [0.1, 0.15) is 29.1 Å². The highest BCUT2D eigenvalue weighted by molar-refractivity contribution is 5.64. The molecule has 0 spiro atoms. The fraction of sp³-hybridized carbons (Fsp3) is 0.333. The van der Waals surface area contributed by atoms with Crippen LogP contribution in [0.1, 0.15) is 32.2 Å². The normalized spacial score (nSPS) is 11.5. The molecule has 0 atom stereocenters. The van der Waals surface area contributed by atoms with Crippen LogP contribution in [0.25, 0.3) is 0 Å². The number of nitrogen functional groups attached to an aromatic ring is 1. The molecule has 1 aromatic heterocycles. The van der Waals surface area contributed by atoms with Crippen LogP contribution in [0.5, 0.6) is 0 Å². The van der Waals surface area contributed by atoms with E-state index in [9.17, 15) is 8.78 Å². The van der Waals surface area contributed by atoms with E-state index < -0.39 is 11.6 Å². The molecule has 0 aliphatic carbocycles. The van der Waals surface area contributed by atoms with E-state index in [1.165, 1.54) is 0 Å². The van der Waals surface area contributed by atoms with E-state index in [4.69, 9.17) is 5.73 Å². The largest absolute Gasteiger partial charge is 0.383 e. The van der Waals surface area contributed by atoms with Crippen LogP contribution in [0.2, 0.25) is 0 Å². The highest BCUT2D eigenvalue weighted by Crippen LogP contribution is 2.28. The molecule has 21 heavy (non-hydrogen) atoms. The number of nitrogens with zero attached hydrogens (tertiary/aromatic N) is 2. The van der Waals surface area contributed by atoms with Crippen LogP contribution < -0.4 is 11.1 Å². The minimum absolute atomic E-state index is 0.0102. The summed E-state index contributed by atoms with van der Waals surface area (Å²) in [6.45, 7) is 7.57. The maximum atomic E-state index is 13.7. The summed E-state index contributed by atoms with van der Waals surface area (Å²) in [6.07, 6.45) is 0. The van der Waals surface area contributed by atoms with Gasteiger partial charge in [0, 0.05) is 17.0 Å². The third-order valence-corrected chi connectivity index (χ3v) is 3.04. The third kappa shape index (κ3) is 3.26. The van der Waals surface area contributed by atoms with E-state index in [2.05, 4.69) is 15.3 Å². The van der Waals surface area contributed by atoms with Gasteiger partial charge in [-0.2, -0.15) is 0 Å². The Bertz CT molecular complexity index is 678. The van der Waals surface area contributed by atoms with Gasteiger partial charge in [-0.05, 0) is 19.1 Å². The number of aromatic nitrogens is 2.